The number of carbonyl (C=O) groups excluding carboxylic acids is 1. The molecule has 0 saturated carbocycles. The van der Waals surface area contributed by atoms with Crippen molar-refractivity contribution in [2.24, 2.45) is 5.73 Å². The highest BCUT2D eigenvalue weighted by Gasteiger charge is 2.16. The highest BCUT2D eigenvalue weighted by Crippen LogP contribution is 2.10. The predicted octanol–water partition coefficient (Wildman–Crippen LogP) is 3.22. The quantitative estimate of drug-likeness (QED) is 0.381. The maximum absolute atomic E-state index is 11.0. The fraction of sp³-hybridized carbons (Fsp3) is 0.882. The summed E-state index contributed by atoms with van der Waals surface area (Å²) in [5.41, 5.74) is 5.04. The largest absolute Gasteiger partial charge is 0.480 e. The predicted molar refractivity (Wildman–Crippen MR) is 89.7 cm³/mol. The van der Waals surface area contributed by atoms with Crippen molar-refractivity contribution in [1.82, 2.24) is 5.32 Å². The van der Waals surface area contributed by atoms with Crippen molar-refractivity contribution in [1.29, 1.82) is 0 Å². The molecule has 5 heteroatoms. The van der Waals surface area contributed by atoms with Crippen LogP contribution in [0.3, 0.4) is 0 Å². The van der Waals surface area contributed by atoms with E-state index in [1.807, 2.05) is 0 Å². The molecule has 0 radical (unpaired) electrons. The van der Waals surface area contributed by atoms with Gasteiger partial charge in [0.15, 0.2) is 0 Å². The second kappa shape index (κ2) is 14.8. The molecule has 0 rings (SSSR count). The molecule has 0 aromatic rings. The van der Waals surface area contributed by atoms with E-state index in [9.17, 15) is 9.59 Å². The van der Waals surface area contributed by atoms with E-state index in [-0.39, 0.29) is 12.8 Å². The number of nitrogens with two attached hydrogens (primary N) is 1. The van der Waals surface area contributed by atoms with Gasteiger partial charge in [-0.2, -0.15) is 0 Å². The van der Waals surface area contributed by atoms with Gasteiger partial charge < -0.3 is 16.2 Å². The zero-order valence-electron chi connectivity index (χ0n) is 14.1. The minimum absolute atomic E-state index is 0.113. The number of aliphatic carboxylic acids is 1. The number of amides is 1. The smallest absolute Gasteiger partial charge is 0.320 e. The van der Waals surface area contributed by atoms with Gasteiger partial charge in [-0.05, 0) is 19.4 Å². The summed E-state index contributed by atoms with van der Waals surface area (Å²) < 4.78 is 0. The molecule has 0 spiro atoms. The van der Waals surface area contributed by atoms with Gasteiger partial charge in [0.2, 0.25) is 5.91 Å². The van der Waals surface area contributed by atoms with Gasteiger partial charge in [0, 0.05) is 6.42 Å². The van der Waals surface area contributed by atoms with Crippen LogP contribution in [-0.4, -0.2) is 29.6 Å². The van der Waals surface area contributed by atoms with Crippen molar-refractivity contribution in [3.63, 3.8) is 0 Å². The standard InChI is InChI=1S/C17H34N2O3/c1-2-3-4-5-6-7-8-9-10-11-14-19-15(17(21)22)12-13-16(18)20/h15,19H,2-14H2,1H3,(H2,18,20)(H,21,22). The zero-order valence-corrected chi connectivity index (χ0v) is 14.1. The van der Waals surface area contributed by atoms with Crippen molar-refractivity contribution in [2.45, 2.75) is 90.0 Å². The Kier molecular flexibility index (Phi) is 14.1. The van der Waals surface area contributed by atoms with E-state index in [0.29, 0.717) is 6.54 Å². The third kappa shape index (κ3) is 13.9. The van der Waals surface area contributed by atoms with E-state index >= 15 is 0 Å². The van der Waals surface area contributed by atoms with Crippen molar-refractivity contribution in [2.75, 3.05) is 6.54 Å². The van der Waals surface area contributed by atoms with Crippen LogP contribution < -0.4 is 11.1 Å². The van der Waals surface area contributed by atoms with Gasteiger partial charge in [0.05, 0.1) is 0 Å². The Morgan fingerprint density at radius 3 is 1.91 bits per heavy atom. The molecular weight excluding hydrogens is 280 g/mol. The molecule has 0 aliphatic rings. The number of hydrogen-bond acceptors (Lipinski definition) is 3. The van der Waals surface area contributed by atoms with Gasteiger partial charge in [-0.25, -0.2) is 0 Å². The Bertz CT molecular complexity index is 296. The SMILES string of the molecule is CCCCCCCCCCCCNC(CCC(N)=O)C(=O)O. The van der Waals surface area contributed by atoms with Crippen LogP contribution in [0.1, 0.15) is 84.0 Å². The summed E-state index contributed by atoms with van der Waals surface area (Å²) in [5.74, 6) is -1.36. The van der Waals surface area contributed by atoms with Gasteiger partial charge in [0.25, 0.3) is 0 Å². The van der Waals surface area contributed by atoms with Gasteiger partial charge in [-0.1, -0.05) is 64.7 Å². The Balaban J connectivity index is 3.42. The second-order valence-corrected chi connectivity index (χ2v) is 6.03. The molecule has 4 N–H and O–H groups in total. The highest BCUT2D eigenvalue weighted by molar-refractivity contribution is 5.77. The molecular formula is C17H34N2O3. The van der Waals surface area contributed by atoms with Crippen LogP contribution >= 0.6 is 0 Å². The monoisotopic (exact) mass is 314 g/mol. The van der Waals surface area contributed by atoms with E-state index in [4.69, 9.17) is 10.8 Å². The first-order valence-electron chi connectivity index (χ1n) is 8.82. The molecule has 1 amide bonds. The minimum atomic E-state index is -0.909. The van der Waals surface area contributed by atoms with Crippen LogP contribution in [0.25, 0.3) is 0 Å². The van der Waals surface area contributed by atoms with E-state index in [0.717, 1.165) is 12.8 Å². The third-order valence-electron chi connectivity index (χ3n) is 3.90. The fourth-order valence-electron chi connectivity index (χ4n) is 2.49. The number of hydrogen-bond donors (Lipinski definition) is 3. The van der Waals surface area contributed by atoms with Crippen LogP contribution in [0.2, 0.25) is 0 Å². The van der Waals surface area contributed by atoms with Crippen LogP contribution in [0.15, 0.2) is 0 Å². The van der Waals surface area contributed by atoms with Crippen molar-refractivity contribution >= 4 is 11.9 Å². The van der Waals surface area contributed by atoms with E-state index < -0.39 is 17.9 Å². The lowest BCUT2D eigenvalue weighted by atomic mass is 10.1. The van der Waals surface area contributed by atoms with Gasteiger partial charge >= 0.3 is 5.97 Å². The van der Waals surface area contributed by atoms with Gasteiger partial charge in [0.1, 0.15) is 6.04 Å². The van der Waals surface area contributed by atoms with Crippen LogP contribution in [0.5, 0.6) is 0 Å². The third-order valence-corrected chi connectivity index (χ3v) is 3.90. The molecule has 0 aromatic carbocycles. The molecule has 0 fully saturated rings. The highest BCUT2D eigenvalue weighted by atomic mass is 16.4. The average molecular weight is 314 g/mol. The van der Waals surface area contributed by atoms with Crippen LogP contribution in [0.4, 0.5) is 0 Å². The van der Waals surface area contributed by atoms with Crippen molar-refractivity contribution < 1.29 is 14.7 Å². The lowest BCUT2D eigenvalue weighted by molar-refractivity contribution is -0.139. The van der Waals surface area contributed by atoms with Crippen LogP contribution in [0, 0.1) is 0 Å². The average Bonchev–Trinajstić information content (AvgIpc) is 2.47. The Labute approximate surface area is 135 Å². The summed E-state index contributed by atoms with van der Waals surface area (Å²) in [6.45, 7) is 2.92. The Morgan fingerprint density at radius 1 is 0.955 bits per heavy atom. The Morgan fingerprint density at radius 2 is 1.45 bits per heavy atom. The van der Waals surface area contributed by atoms with Crippen molar-refractivity contribution in [3.8, 4) is 0 Å². The molecule has 0 aromatic heterocycles. The lowest BCUT2D eigenvalue weighted by Crippen LogP contribution is -2.38. The number of carbonyl (C=O) groups is 2. The van der Waals surface area contributed by atoms with E-state index in [2.05, 4.69) is 12.2 Å². The van der Waals surface area contributed by atoms with E-state index in [1.54, 1.807) is 0 Å². The summed E-state index contributed by atoms with van der Waals surface area (Å²) in [6, 6.07) is -0.661. The molecule has 0 aliphatic carbocycles. The number of primary amides is 1. The number of rotatable bonds is 16. The molecule has 0 aliphatic heterocycles. The van der Waals surface area contributed by atoms with Crippen molar-refractivity contribution in [3.05, 3.63) is 0 Å². The lowest BCUT2D eigenvalue weighted by Gasteiger charge is -2.13. The first-order valence-corrected chi connectivity index (χ1v) is 8.82. The van der Waals surface area contributed by atoms with E-state index in [1.165, 1.54) is 51.4 Å². The van der Waals surface area contributed by atoms with Crippen LogP contribution in [-0.2, 0) is 9.59 Å². The summed E-state index contributed by atoms with van der Waals surface area (Å²) in [7, 11) is 0. The van der Waals surface area contributed by atoms with Gasteiger partial charge in [-0.15, -0.1) is 0 Å². The zero-order chi connectivity index (χ0) is 16.6. The van der Waals surface area contributed by atoms with Gasteiger partial charge in [-0.3, -0.25) is 9.59 Å². The molecule has 0 bridgehead atoms. The summed E-state index contributed by atoms with van der Waals surface area (Å²) in [4.78, 5) is 21.7. The normalized spacial score (nSPS) is 12.2. The molecule has 130 valence electrons. The first kappa shape index (κ1) is 20.9. The molecule has 1 unspecified atom stereocenters. The maximum Gasteiger partial charge on any atom is 0.320 e. The maximum atomic E-state index is 11.0. The fourth-order valence-corrected chi connectivity index (χ4v) is 2.49. The first-order chi connectivity index (χ1) is 10.6. The number of carboxylic acid groups (broad SMARTS) is 1. The minimum Gasteiger partial charge on any atom is -0.480 e. The second-order valence-electron chi connectivity index (χ2n) is 6.03. The summed E-state index contributed by atoms with van der Waals surface area (Å²) in [6.07, 6.45) is 13.0. The molecule has 5 nitrogen and oxygen atoms in total. The molecule has 0 saturated heterocycles. The molecule has 1 atom stereocenters. The molecule has 0 heterocycles. The molecule has 22 heavy (non-hydrogen) atoms. The summed E-state index contributed by atoms with van der Waals surface area (Å²) >= 11 is 0. The number of nitrogens with one attached hydrogen (secondary N) is 1. The topological polar surface area (TPSA) is 92.4 Å². The Hall–Kier alpha value is -1.10. The summed E-state index contributed by atoms with van der Waals surface area (Å²) in [5, 5.41) is 12.0. The number of carboxylic acids is 1. The number of unbranched alkanes of at least 4 members (excludes halogenated alkanes) is 9.